The molecule has 11 rings (SSSR count). The van der Waals surface area contributed by atoms with Crippen molar-refractivity contribution in [3.8, 4) is 39.1 Å². The number of para-hydroxylation sites is 4. The summed E-state index contributed by atoms with van der Waals surface area (Å²) in [6.07, 6.45) is 0. The van der Waals surface area contributed by atoms with Crippen LogP contribution in [0.25, 0.3) is 82.8 Å². The number of benzene rings is 9. The summed E-state index contributed by atoms with van der Waals surface area (Å²) in [5.41, 5.74) is 15.5. The van der Waals surface area contributed by atoms with Crippen LogP contribution in [0.4, 0.5) is 17.1 Å². The van der Waals surface area contributed by atoms with Gasteiger partial charge < -0.3 is 13.9 Å². The molecule has 0 saturated heterocycles. The average molecular weight is 729 g/mol. The van der Waals surface area contributed by atoms with Gasteiger partial charge in [-0.05, 0) is 94.5 Å². The second-order valence-electron chi connectivity index (χ2n) is 14.5. The first-order valence-corrected chi connectivity index (χ1v) is 19.4. The van der Waals surface area contributed by atoms with E-state index < -0.39 is 0 Å². The number of hydrogen-bond acceptors (Lipinski definition) is 2. The van der Waals surface area contributed by atoms with E-state index in [9.17, 15) is 0 Å². The third kappa shape index (κ3) is 5.60. The second-order valence-corrected chi connectivity index (χ2v) is 14.5. The van der Waals surface area contributed by atoms with Gasteiger partial charge in [0.2, 0.25) is 0 Å². The molecule has 0 saturated carbocycles. The number of aromatic nitrogens is 1. The second kappa shape index (κ2) is 13.6. The number of nitrogens with zero attached hydrogens (tertiary/aromatic N) is 2. The van der Waals surface area contributed by atoms with Gasteiger partial charge in [-0.1, -0.05) is 152 Å². The number of rotatable bonds is 7. The lowest BCUT2D eigenvalue weighted by molar-refractivity contribution is 0.669. The highest BCUT2D eigenvalue weighted by Gasteiger charge is 2.21. The molecule has 3 nitrogen and oxygen atoms in total. The van der Waals surface area contributed by atoms with E-state index in [1.54, 1.807) is 0 Å². The summed E-state index contributed by atoms with van der Waals surface area (Å²) < 4.78 is 8.78. The highest BCUT2D eigenvalue weighted by molar-refractivity contribution is 6.14. The fraction of sp³-hybridized carbons (Fsp3) is 0. The Hall–Kier alpha value is -7.62. The molecular weight excluding hydrogens is 693 g/mol. The van der Waals surface area contributed by atoms with Gasteiger partial charge in [-0.25, -0.2) is 0 Å². The van der Waals surface area contributed by atoms with Crippen molar-refractivity contribution in [3.63, 3.8) is 0 Å². The van der Waals surface area contributed by atoms with Gasteiger partial charge >= 0.3 is 0 Å². The Morgan fingerprint density at radius 3 is 1.68 bits per heavy atom. The molecule has 0 aliphatic carbocycles. The number of anilines is 3. The third-order valence-corrected chi connectivity index (χ3v) is 11.2. The highest BCUT2D eigenvalue weighted by atomic mass is 16.3. The zero-order valence-electron chi connectivity index (χ0n) is 31.1. The van der Waals surface area contributed by atoms with E-state index in [1.165, 1.54) is 44.1 Å². The highest BCUT2D eigenvalue weighted by Crippen LogP contribution is 2.45. The molecule has 3 heteroatoms. The van der Waals surface area contributed by atoms with Crippen LogP contribution in [0.5, 0.6) is 0 Å². The van der Waals surface area contributed by atoms with Crippen molar-refractivity contribution < 1.29 is 4.42 Å². The van der Waals surface area contributed by atoms with Crippen molar-refractivity contribution in [1.29, 1.82) is 0 Å². The molecule has 0 bridgehead atoms. The quantitative estimate of drug-likeness (QED) is 0.163. The molecule has 0 amide bonds. The van der Waals surface area contributed by atoms with Crippen LogP contribution in [0.1, 0.15) is 0 Å². The number of hydrogen-bond donors (Lipinski definition) is 0. The smallest absolute Gasteiger partial charge is 0.136 e. The standard InChI is InChI=1S/C54H36N2O/c1-2-15-37(16-3-1)39-17-12-18-40(35-39)38-31-33-41(34-32-38)55(42-19-13-20-43(36-42)56-50-27-9-4-21-44(50)45-22-5-10-28-51(45)56)49-26-8-6-23-46(49)47-25-14-30-53-54(47)48-24-7-11-29-52(48)57-53/h1-36H. The largest absolute Gasteiger partial charge is 0.456 e. The predicted octanol–water partition coefficient (Wildman–Crippen LogP) is 15.2. The van der Waals surface area contributed by atoms with Crippen molar-refractivity contribution in [1.82, 2.24) is 4.57 Å². The van der Waals surface area contributed by atoms with Gasteiger partial charge in [-0.15, -0.1) is 0 Å². The Kier molecular flexibility index (Phi) is 7.82. The van der Waals surface area contributed by atoms with E-state index in [4.69, 9.17) is 4.42 Å². The van der Waals surface area contributed by atoms with Crippen molar-refractivity contribution in [2.24, 2.45) is 0 Å². The molecule has 2 heterocycles. The lowest BCUT2D eigenvalue weighted by atomic mass is 9.96. The summed E-state index contributed by atoms with van der Waals surface area (Å²) >= 11 is 0. The first-order valence-electron chi connectivity index (χ1n) is 19.4. The zero-order chi connectivity index (χ0) is 37.7. The van der Waals surface area contributed by atoms with E-state index in [-0.39, 0.29) is 0 Å². The van der Waals surface area contributed by atoms with Gasteiger partial charge in [0.05, 0.1) is 16.7 Å². The Bertz CT molecular complexity index is 3190. The van der Waals surface area contributed by atoms with E-state index >= 15 is 0 Å². The van der Waals surface area contributed by atoms with Gasteiger partial charge in [0.15, 0.2) is 0 Å². The Balaban J connectivity index is 1.10. The van der Waals surface area contributed by atoms with Gasteiger partial charge in [-0.2, -0.15) is 0 Å². The molecule has 0 aliphatic heterocycles. The molecule has 9 aromatic carbocycles. The Morgan fingerprint density at radius 1 is 0.351 bits per heavy atom. The summed E-state index contributed by atoms with van der Waals surface area (Å²) in [5.74, 6) is 0. The molecule has 0 fully saturated rings. The molecular formula is C54H36N2O. The molecule has 0 atom stereocenters. The van der Waals surface area contributed by atoms with Crippen LogP contribution in [0.2, 0.25) is 0 Å². The van der Waals surface area contributed by atoms with Crippen LogP contribution in [-0.2, 0) is 0 Å². The summed E-state index contributed by atoms with van der Waals surface area (Å²) in [4.78, 5) is 2.40. The molecule has 0 aliphatic rings. The normalized spacial score (nSPS) is 11.5. The average Bonchev–Trinajstić information content (AvgIpc) is 3.84. The molecule has 0 unspecified atom stereocenters. The topological polar surface area (TPSA) is 21.3 Å². The van der Waals surface area contributed by atoms with E-state index in [2.05, 4.69) is 222 Å². The fourth-order valence-electron chi connectivity index (χ4n) is 8.61. The minimum absolute atomic E-state index is 0.880. The van der Waals surface area contributed by atoms with Gasteiger partial charge in [0.25, 0.3) is 0 Å². The van der Waals surface area contributed by atoms with Crippen LogP contribution < -0.4 is 4.90 Å². The van der Waals surface area contributed by atoms with Crippen LogP contribution in [0, 0.1) is 0 Å². The lowest BCUT2D eigenvalue weighted by Gasteiger charge is -2.29. The molecule has 2 aromatic heterocycles. The van der Waals surface area contributed by atoms with Crippen molar-refractivity contribution >= 4 is 60.8 Å². The first-order chi connectivity index (χ1) is 28.3. The Labute approximate surface area is 330 Å². The van der Waals surface area contributed by atoms with Crippen LogP contribution in [0.15, 0.2) is 223 Å². The molecule has 11 aromatic rings. The van der Waals surface area contributed by atoms with Gasteiger partial charge in [0.1, 0.15) is 11.2 Å². The summed E-state index contributed by atoms with van der Waals surface area (Å²) in [5, 5.41) is 4.72. The minimum Gasteiger partial charge on any atom is -0.456 e. The van der Waals surface area contributed by atoms with Gasteiger partial charge in [-0.3, -0.25) is 0 Å². The molecule has 0 radical (unpaired) electrons. The zero-order valence-corrected chi connectivity index (χ0v) is 31.1. The van der Waals surface area contributed by atoms with Crippen LogP contribution in [-0.4, -0.2) is 4.57 Å². The fourth-order valence-corrected chi connectivity index (χ4v) is 8.61. The molecule has 0 N–H and O–H groups in total. The van der Waals surface area contributed by atoms with E-state index in [1.807, 2.05) is 6.07 Å². The number of fused-ring (bicyclic) bond motifs is 6. The van der Waals surface area contributed by atoms with Crippen LogP contribution >= 0.6 is 0 Å². The molecule has 57 heavy (non-hydrogen) atoms. The predicted molar refractivity (Wildman–Crippen MR) is 239 cm³/mol. The summed E-state index contributed by atoms with van der Waals surface area (Å²) in [6, 6.07) is 78.2. The summed E-state index contributed by atoms with van der Waals surface area (Å²) in [6.45, 7) is 0. The van der Waals surface area contributed by atoms with Crippen LogP contribution in [0.3, 0.4) is 0 Å². The number of furan rings is 1. The Morgan fingerprint density at radius 2 is 0.912 bits per heavy atom. The maximum Gasteiger partial charge on any atom is 0.136 e. The lowest BCUT2D eigenvalue weighted by Crippen LogP contribution is -2.12. The monoisotopic (exact) mass is 728 g/mol. The molecule has 0 spiro atoms. The SMILES string of the molecule is c1ccc(-c2cccc(-c3ccc(N(c4cccc(-n5c6ccccc6c6ccccc65)c4)c4ccccc4-c4cccc5oc6ccccc6c45)cc3)c2)cc1. The minimum atomic E-state index is 0.880. The van der Waals surface area contributed by atoms with Crippen molar-refractivity contribution in [3.05, 3.63) is 218 Å². The van der Waals surface area contributed by atoms with Crippen molar-refractivity contribution in [2.45, 2.75) is 0 Å². The first kappa shape index (κ1) is 32.8. The third-order valence-electron chi connectivity index (χ3n) is 11.2. The molecule has 268 valence electrons. The van der Waals surface area contributed by atoms with Gasteiger partial charge in [0, 0.05) is 44.2 Å². The van der Waals surface area contributed by atoms with E-state index in [0.717, 1.165) is 55.8 Å². The summed E-state index contributed by atoms with van der Waals surface area (Å²) in [7, 11) is 0. The maximum absolute atomic E-state index is 6.39. The van der Waals surface area contributed by atoms with E-state index in [0.29, 0.717) is 0 Å². The maximum atomic E-state index is 6.39. The van der Waals surface area contributed by atoms with Crippen molar-refractivity contribution in [2.75, 3.05) is 4.90 Å².